The van der Waals surface area contributed by atoms with E-state index < -0.39 is 0 Å². The van der Waals surface area contributed by atoms with Gasteiger partial charge in [0.15, 0.2) is 5.76 Å². The first-order chi connectivity index (χ1) is 11.2. The summed E-state index contributed by atoms with van der Waals surface area (Å²) < 4.78 is 5.35. The highest BCUT2D eigenvalue weighted by molar-refractivity contribution is 5.79. The van der Waals surface area contributed by atoms with Crippen molar-refractivity contribution in [1.29, 1.82) is 0 Å². The number of rotatable bonds is 6. The predicted octanol–water partition coefficient (Wildman–Crippen LogP) is 2.72. The number of amides is 1. The van der Waals surface area contributed by atoms with Crippen molar-refractivity contribution >= 4 is 5.91 Å². The van der Waals surface area contributed by atoms with Gasteiger partial charge in [-0.2, -0.15) is 0 Å². The van der Waals surface area contributed by atoms with Crippen LogP contribution in [0.1, 0.15) is 61.9 Å². The van der Waals surface area contributed by atoms with Gasteiger partial charge in [-0.1, -0.05) is 19.0 Å². The van der Waals surface area contributed by atoms with Crippen molar-refractivity contribution in [3.63, 3.8) is 0 Å². The number of aromatic nitrogens is 3. The lowest BCUT2D eigenvalue weighted by molar-refractivity contribution is -0.125. The number of aryl methyl sites for hydroxylation is 1. The third-order valence-electron chi connectivity index (χ3n) is 4.78. The molecule has 2 aromatic heterocycles. The second-order valence-corrected chi connectivity index (χ2v) is 6.22. The Balaban J connectivity index is 1.53. The Bertz CT molecular complexity index is 657. The van der Waals surface area contributed by atoms with Gasteiger partial charge < -0.3 is 14.8 Å². The summed E-state index contributed by atoms with van der Waals surface area (Å²) in [7, 11) is 0. The van der Waals surface area contributed by atoms with Gasteiger partial charge >= 0.3 is 0 Å². The van der Waals surface area contributed by atoms with Gasteiger partial charge in [0.2, 0.25) is 5.91 Å². The van der Waals surface area contributed by atoms with Crippen LogP contribution in [0, 0.1) is 5.92 Å². The Morgan fingerprint density at radius 2 is 2.30 bits per heavy atom. The molecule has 2 N–H and O–H groups in total. The van der Waals surface area contributed by atoms with Crippen LogP contribution in [-0.4, -0.2) is 21.0 Å². The van der Waals surface area contributed by atoms with Crippen LogP contribution in [0.5, 0.6) is 0 Å². The Hall–Kier alpha value is -2.11. The third kappa shape index (κ3) is 3.46. The largest absolute Gasteiger partial charge is 0.359 e. The zero-order valence-electron chi connectivity index (χ0n) is 13.8. The predicted molar refractivity (Wildman–Crippen MR) is 85.8 cm³/mol. The standard InChI is InChI=1S/C17H24N4O2/c1-3-11(4-2)15-8-13(23-21-15)9-18-17(22)12-5-6-14-16(7-12)20-10-19-14/h8,10-12H,3-7,9H2,1-2H3,(H,18,22)(H,19,20). The molecule has 1 aliphatic carbocycles. The van der Waals surface area contributed by atoms with E-state index in [1.807, 2.05) is 6.07 Å². The van der Waals surface area contributed by atoms with Crippen LogP contribution in [0.2, 0.25) is 0 Å². The quantitative estimate of drug-likeness (QED) is 0.858. The molecule has 0 fully saturated rings. The van der Waals surface area contributed by atoms with Gasteiger partial charge in [-0.15, -0.1) is 0 Å². The molecule has 0 aliphatic heterocycles. The van der Waals surface area contributed by atoms with Gasteiger partial charge in [0.05, 0.1) is 24.3 Å². The number of H-pyrrole nitrogens is 1. The first kappa shape index (κ1) is 15.8. The van der Waals surface area contributed by atoms with Gasteiger partial charge in [0, 0.05) is 30.0 Å². The molecule has 2 aromatic rings. The average Bonchev–Trinajstić information content (AvgIpc) is 3.22. The van der Waals surface area contributed by atoms with Crippen LogP contribution in [0.4, 0.5) is 0 Å². The second-order valence-electron chi connectivity index (χ2n) is 6.22. The second kappa shape index (κ2) is 6.98. The number of carbonyl (C=O) groups is 1. The van der Waals surface area contributed by atoms with E-state index in [2.05, 4.69) is 34.3 Å². The number of hydrogen-bond acceptors (Lipinski definition) is 4. The topological polar surface area (TPSA) is 83.8 Å². The van der Waals surface area contributed by atoms with Gasteiger partial charge in [-0.3, -0.25) is 4.79 Å². The Morgan fingerprint density at radius 1 is 1.48 bits per heavy atom. The summed E-state index contributed by atoms with van der Waals surface area (Å²) in [6.45, 7) is 4.70. The average molecular weight is 316 g/mol. The number of hydrogen-bond donors (Lipinski definition) is 2. The van der Waals surface area contributed by atoms with E-state index in [1.165, 1.54) is 0 Å². The van der Waals surface area contributed by atoms with E-state index in [0.717, 1.165) is 54.9 Å². The van der Waals surface area contributed by atoms with Crippen molar-refractivity contribution in [3.8, 4) is 0 Å². The van der Waals surface area contributed by atoms with Gasteiger partial charge in [0.25, 0.3) is 0 Å². The van der Waals surface area contributed by atoms with Gasteiger partial charge in [-0.25, -0.2) is 4.98 Å². The Labute approximate surface area is 136 Å². The summed E-state index contributed by atoms with van der Waals surface area (Å²) in [4.78, 5) is 19.7. The third-order valence-corrected chi connectivity index (χ3v) is 4.78. The lowest BCUT2D eigenvalue weighted by atomic mass is 9.89. The molecule has 1 aliphatic rings. The van der Waals surface area contributed by atoms with Crippen LogP contribution in [0.3, 0.4) is 0 Å². The SMILES string of the molecule is CCC(CC)c1cc(CNC(=O)C2CCc3nc[nH]c3C2)on1. The number of nitrogens with one attached hydrogen (secondary N) is 2. The minimum absolute atomic E-state index is 0.00405. The highest BCUT2D eigenvalue weighted by atomic mass is 16.5. The molecule has 1 unspecified atom stereocenters. The zero-order chi connectivity index (χ0) is 16.2. The van der Waals surface area contributed by atoms with Crippen LogP contribution < -0.4 is 5.32 Å². The van der Waals surface area contributed by atoms with Gasteiger partial charge in [-0.05, 0) is 25.7 Å². The van der Waals surface area contributed by atoms with E-state index in [-0.39, 0.29) is 11.8 Å². The summed E-state index contributed by atoms with van der Waals surface area (Å²) in [6, 6.07) is 1.96. The van der Waals surface area contributed by atoms with Crippen molar-refractivity contribution in [1.82, 2.24) is 20.4 Å². The molecule has 0 radical (unpaired) electrons. The monoisotopic (exact) mass is 316 g/mol. The highest BCUT2D eigenvalue weighted by Crippen LogP contribution is 2.24. The molecule has 2 heterocycles. The maximum Gasteiger partial charge on any atom is 0.223 e. The Morgan fingerprint density at radius 3 is 3.09 bits per heavy atom. The van der Waals surface area contributed by atoms with E-state index in [4.69, 9.17) is 4.52 Å². The molecule has 0 saturated heterocycles. The summed E-state index contributed by atoms with van der Waals surface area (Å²) in [6.07, 6.45) is 6.24. The fourth-order valence-electron chi connectivity index (χ4n) is 3.25. The van der Waals surface area contributed by atoms with E-state index in [1.54, 1.807) is 6.33 Å². The van der Waals surface area contributed by atoms with Crippen LogP contribution in [0.15, 0.2) is 16.9 Å². The first-order valence-corrected chi connectivity index (χ1v) is 8.45. The van der Waals surface area contributed by atoms with E-state index >= 15 is 0 Å². The Kier molecular flexibility index (Phi) is 4.79. The molecule has 124 valence electrons. The molecule has 0 aromatic carbocycles. The first-order valence-electron chi connectivity index (χ1n) is 8.45. The number of fused-ring (bicyclic) bond motifs is 1. The van der Waals surface area contributed by atoms with Gasteiger partial charge in [0.1, 0.15) is 0 Å². The van der Waals surface area contributed by atoms with Crippen molar-refractivity contribution in [2.75, 3.05) is 0 Å². The lowest BCUT2D eigenvalue weighted by Gasteiger charge is -2.20. The normalized spacial score (nSPS) is 17.3. The fourth-order valence-corrected chi connectivity index (χ4v) is 3.25. The molecule has 1 amide bonds. The zero-order valence-corrected chi connectivity index (χ0v) is 13.8. The molecule has 23 heavy (non-hydrogen) atoms. The molecule has 1 atom stereocenters. The summed E-state index contributed by atoms with van der Waals surface area (Å²) in [5.74, 6) is 1.23. The van der Waals surface area contributed by atoms with Crippen LogP contribution in [0.25, 0.3) is 0 Å². The summed E-state index contributed by atoms with van der Waals surface area (Å²) in [5, 5.41) is 7.10. The lowest BCUT2D eigenvalue weighted by Crippen LogP contribution is -2.33. The molecule has 0 spiro atoms. The number of carbonyl (C=O) groups excluding carboxylic acids is 1. The molecular weight excluding hydrogens is 292 g/mol. The summed E-state index contributed by atoms with van der Waals surface area (Å²) >= 11 is 0. The number of aromatic amines is 1. The minimum Gasteiger partial charge on any atom is -0.359 e. The highest BCUT2D eigenvalue weighted by Gasteiger charge is 2.26. The summed E-state index contributed by atoms with van der Waals surface area (Å²) in [5.41, 5.74) is 3.17. The molecule has 0 bridgehead atoms. The maximum absolute atomic E-state index is 12.3. The van der Waals surface area contributed by atoms with E-state index in [0.29, 0.717) is 12.5 Å². The maximum atomic E-state index is 12.3. The molecule has 3 rings (SSSR count). The molecule has 6 nitrogen and oxygen atoms in total. The van der Waals surface area contributed by atoms with Crippen molar-refractivity contribution in [2.24, 2.45) is 5.92 Å². The van der Waals surface area contributed by atoms with Crippen molar-refractivity contribution in [2.45, 2.75) is 58.4 Å². The molecule has 6 heteroatoms. The van der Waals surface area contributed by atoms with Crippen molar-refractivity contribution < 1.29 is 9.32 Å². The van der Waals surface area contributed by atoms with E-state index in [9.17, 15) is 4.79 Å². The molecular formula is C17H24N4O2. The van der Waals surface area contributed by atoms with Crippen LogP contribution >= 0.6 is 0 Å². The minimum atomic E-state index is 0.00405. The van der Waals surface area contributed by atoms with Crippen LogP contribution in [-0.2, 0) is 24.2 Å². The van der Waals surface area contributed by atoms with Crippen molar-refractivity contribution in [3.05, 3.63) is 35.2 Å². The smallest absolute Gasteiger partial charge is 0.223 e. The fraction of sp³-hybridized carbons (Fsp3) is 0.588. The number of nitrogens with zero attached hydrogens (tertiary/aromatic N) is 2. The number of imidazole rings is 1. The molecule has 0 saturated carbocycles.